The fourth-order valence-electron chi connectivity index (χ4n) is 3.89. The average Bonchev–Trinajstić information content (AvgIpc) is 3.22. The summed E-state index contributed by atoms with van der Waals surface area (Å²) in [7, 11) is 1.84. The summed E-state index contributed by atoms with van der Waals surface area (Å²) < 4.78 is 18.1. The monoisotopic (exact) mass is 370 g/mol. The fraction of sp³-hybridized carbons (Fsp3) is 0.400. The van der Waals surface area contributed by atoms with Crippen molar-refractivity contribution in [3.05, 3.63) is 53.7 Å². The number of fused-ring (bicyclic) bond motifs is 1. The highest BCUT2D eigenvalue weighted by molar-refractivity contribution is 6.07. The molecule has 2 heterocycles. The number of halogens is 1. The SMILES string of the molecule is Cn1cc(Cn2cc(C(=O)N[C@H]3CCCC[C@@H]3O)c3c(F)cccc32)cn1. The van der Waals surface area contributed by atoms with Gasteiger partial charge in [-0.15, -0.1) is 0 Å². The summed E-state index contributed by atoms with van der Waals surface area (Å²) in [5.74, 6) is -0.771. The van der Waals surface area contributed by atoms with Gasteiger partial charge in [0.05, 0.1) is 36.0 Å². The standard InChI is InChI=1S/C20H23FN4O2/c1-24-10-13(9-22-24)11-25-12-14(19-15(21)5-4-7-17(19)25)20(27)23-16-6-2-3-8-18(16)26/h4-5,7,9-10,12,16,18,26H,2-3,6,8,11H2,1H3,(H,23,27)/t16-,18-/m0/s1. The van der Waals surface area contributed by atoms with E-state index in [9.17, 15) is 14.3 Å². The summed E-state index contributed by atoms with van der Waals surface area (Å²) in [6.07, 6.45) is 8.14. The van der Waals surface area contributed by atoms with Crippen molar-refractivity contribution in [2.45, 2.75) is 44.4 Å². The molecule has 1 fully saturated rings. The lowest BCUT2D eigenvalue weighted by Gasteiger charge is -2.28. The number of carbonyl (C=O) groups is 1. The Kier molecular flexibility index (Phi) is 4.70. The molecule has 2 atom stereocenters. The highest BCUT2D eigenvalue weighted by Gasteiger charge is 2.27. The highest BCUT2D eigenvalue weighted by Crippen LogP contribution is 2.26. The largest absolute Gasteiger partial charge is 0.391 e. The molecule has 3 aromatic rings. The quantitative estimate of drug-likeness (QED) is 0.742. The van der Waals surface area contributed by atoms with Crippen LogP contribution in [0.5, 0.6) is 0 Å². The van der Waals surface area contributed by atoms with Gasteiger partial charge in [0.25, 0.3) is 5.91 Å². The first-order valence-electron chi connectivity index (χ1n) is 9.27. The van der Waals surface area contributed by atoms with Gasteiger partial charge < -0.3 is 15.0 Å². The van der Waals surface area contributed by atoms with Gasteiger partial charge in [0.15, 0.2) is 0 Å². The van der Waals surface area contributed by atoms with Crippen LogP contribution in [0.25, 0.3) is 10.9 Å². The number of hydrogen-bond donors (Lipinski definition) is 2. The zero-order valence-corrected chi connectivity index (χ0v) is 15.2. The van der Waals surface area contributed by atoms with E-state index in [1.807, 2.05) is 17.8 Å². The lowest BCUT2D eigenvalue weighted by molar-refractivity contribution is 0.0718. The third-order valence-electron chi connectivity index (χ3n) is 5.26. The van der Waals surface area contributed by atoms with Crippen LogP contribution in [0.2, 0.25) is 0 Å². The number of aromatic nitrogens is 3. The number of carbonyl (C=O) groups excluding carboxylic acids is 1. The molecule has 2 N–H and O–H groups in total. The number of aliphatic hydroxyl groups excluding tert-OH is 1. The van der Waals surface area contributed by atoms with Gasteiger partial charge >= 0.3 is 0 Å². The van der Waals surface area contributed by atoms with Gasteiger partial charge in [-0.1, -0.05) is 18.9 Å². The number of aryl methyl sites for hydroxylation is 1. The van der Waals surface area contributed by atoms with Crippen LogP contribution in [0.15, 0.2) is 36.8 Å². The number of amides is 1. The van der Waals surface area contributed by atoms with Gasteiger partial charge in [0.1, 0.15) is 5.82 Å². The summed E-state index contributed by atoms with van der Waals surface area (Å²) in [5, 5.41) is 17.5. The molecule has 0 saturated heterocycles. The van der Waals surface area contributed by atoms with Gasteiger partial charge in [-0.3, -0.25) is 9.48 Å². The molecule has 27 heavy (non-hydrogen) atoms. The molecule has 142 valence electrons. The van der Waals surface area contributed by atoms with Crippen molar-refractivity contribution in [1.29, 1.82) is 0 Å². The first-order chi connectivity index (χ1) is 13.0. The highest BCUT2D eigenvalue weighted by atomic mass is 19.1. The van der Waals surface area contributed by atoms with Gasteiger partial charge in [0, 0.05) is 30.4 Å². The molecule has 1 aliphatic rings. The second-order valence-electron chi connectivity index (χ2n) is 7.26. The number of rotatable bonds is 4. The van der Waals surface area contributed by atoms with Crippen molar-refractivity contribution in [1.82, 2.24) is 19.7 Å². The van der Waals surface area contributed by atoms with Gasteiger partial charge in [-0.25, -0.2) is 4.39 Å². The van der Waals surface area contributed by atoms with Crippen LogP contribution in [-0.4, -0.2) is 37.5 Å². The second kappa shape index (κ2) is 7.15. The zero-order valence-electron chi connectivity index (χ0n) is 15.2. The van der Waals surface area contributed by atoms with Crippen molar-refractivity contribution in [3.63, 3.8) is 0 Å². The summed E-state index contributed by atoms with van der Waals surface area (Å²) in [6, 6.07) is 4.53. The first-order valence-corrected chi connectivity index (χ1v) is 9.27. The van der Waals surface area contributed by atoms with Crippen molar-refractivity contribution in [3.8, 4) is 0 Å². The van der Waals surface area contributed by atoms with Crippen LogP contribution in [-0.2, 0) is 13.6 Å². The third kappa shape index (κ3) is 3.47. The Labute approximate surface area is 156 Å². The van der Waals surface area contributed by atoms with Crippen LogP contribution >= 0.6 is 0 Å². The Bertz CT molecular complexity index is 978. The molecule has 0 unspecified atom stereocenters. The Balaban J connectivity index is 1.68. The molecular formula is C20H23FN4O2. The predicted molar refractivity (Wildman–Crippen MR) is 99.9 cm³/mol. The maximum absolute atomic E-state index is 14.6. The maximum atomic E-state index is 14.6. The van der Waals surface area contributed by atoms with Crippen LogP contribution in [0.4, 0.5) is 4.39 Å². The minimum atomic E-state index is -0.545. The number of nitrogens with zero attached hydrogens (tertiary/aromatic N) is 3. The third-order valence-corrected chi connectivity index (χ3v) is 5.26. The minimum absolute atomic E-state index is 0.283. The maximum Gasteiger partial charge on any atom is 0.253 e. The van der Waals surface area contributed by atoms with E-state index < -0.39 is 11.9 Å². The van der Waals surface area contributed by atoms with E-state index in [-0.39, 0.29) is 11.9 Å². The first kappa shape index (κ1) is 17.7. The zero-order chi connectivity index (χ0) is 19.0. The predicted octanol–water partition coefficient (Wildman–Crippen LogP) is 2.60. The molecule has 6 nitrogen and oxygen atoms in total. The molecule has 4 rings (SSSR count). The Morgan fingerprint density at radius 1 is 1.33 bits per heavy atom. The van der Waals surface area contributed by atoms with E-state index in [1.165, 1.54) is 6.07 Å². The smallest absolute Gasteiger partial charge is 0.253 e. The molecule has 0 radical (unpaired) electrons. The topological polar surface area (TPSA) is 72.1 Å². The summed E-state index contributed by atoms with van der Waals surface area (Å²) in [5.41, 5.74) is 1.92. The normalized spacial score (nSPS) is 20.1. The van der Waals surface area contributed by atoms with E-state index in [4.69, 9.17) is 0 Å². The number of hydrogen-bond acceptors (Lipinski definition) is 3. The summed E-state index contributed by atoms with van der Waals surface area (Å²) in [4.78, 5) is 12.9. The Morgan fingerprint density at radius 3 is 2.89 bits per heavy atom. The van der Waals surface area contributed by atoms with E-state index in [0.717, 1.165) is 24.8 Å². The second-order valence-corrected chi connectivity index (χ2v) is 7.26. The van der Waals surface area contributed by atoms with Crippen molar-refractivity contribution in [2.24, 2.45) is 7.05 Å². The summed E-state index contributed by atoms with van der Waals surface area (Å²) in [6.45, 7) is 0.493. The minimum Gasteiger partial charge on any atom is -0.391 e. The van der Waals surface area contributed by atoms with Crippen LogP contribution in [0, 0.1) is 5.82 Å². The molecule has 0 aliphatic heterocycles. The fourth-order valence-corrected chi connectivity index (χ4v) is 3.89. The Morgan fingerprint density at radius 2 is 2.15 bits per heavy atom. The Hall–Kier alpha value is -2.67. The van der Waals surface area contributed by atoms with Crippen molar-refractivity contribution >= 4 is 16.8 Å². The molecule has 2 aromatic heterocycles. The van der Waals surface area contributed by atoms with E-state index >= 15 is 0 Å². The van der Waals surface area contributed by atoms with Gasteiger partial charge in [-0.05, 0) is 25.0 Å². The molecule has 1 amide bonds. The molecule has 1 aromatic carbocycles. The van der Waals surface area contributed by atoms with Crippen LogP contribution < -0.4 is 5.32 Å². The van der Waals surface area contributed by atoms with Crippen molar-refractivity contribution < 1.29 is 14.3 Å². The molecule has 1 saturated carbocycles. The molecular weight excluding hydrogens is 347 g/mol. The van der Waals surface area contributed by atoms with Gasteiger partial charge in [0.2, 0.25) is 0 Å². The number of benzene rings is 1. The molecule has 0 bridgehead atoms. The molecule has 0 spiro atoms. The van der Waals surface area contributed by atoms with E-state index in [1.54, 1.807) is 29.2 Å². The average molecular weight is 370 g/mol. The number of nitrogens with one attached hydrogen (secondary N) is 1. The van der Waals surface area contributed by atoms with Crippen molar-refractivity contribution in [2.75, 3.05) is 0 Å². The number of aliphatic hydroxyl groups is 1. The lowest BCUT2D eigenvalue weighted by atomic mass is 9.92. The van der Waals surface area contributed by atoms with E-state index in [0.29, 0.717) is 29.4 Å². The van der Waals surface area contributed by atoms with Gasteiger partial charge in [-0.2, -0.15) is 5.10 Å². The van der Waals surface area contributed by atoms with Crippen LogP contribution in [0.1, 0.15) is 41.6 Å². The van der Waals surface area contributed by atoms with Crippen LogP contribution in [0.3, 0.4) is 0 Å². The molecule has 7 heteroatoms. The van der Waals surface area contributed by atoms with E-state index in [2.05, 4.69) is 10.4 Å². The summed E-state index contributed by atoms with van der Waals surface area (Å²) >= 11 is 0. The lowest BCUT2D eigenvalue weighted by Crippen LogP contribution is -2.45. The molecule has 1 aliphatic carbocycles.